The van der Waals surface area contributed by atoms with Crippen molar-refractivity contribution in [1.29, 1.82) is 0 Å². The van der Waals surface area contributed by atoms with Crippen molar-refractivity contribution in [3.8, 4) is 0 Å². The molecule has 1 unspecified atom stereocenters. The predicted molar refractivity (Wildman–Crippen MR) is 329 cm³/mol. The minimum atomic E-state index is -0.839. The number of rotatable bonds is 53. The van der Waals surface area contributed by atoms with Crippen LogP contribution in [0.15, 0.2) is 158 Å². The van der Waals surface area contributed by atoms with Crippen LogP contribution in [0, 0.1) is 0 Å². The second kappa shape index (κ2) is 62.6. The fourth-order valence-corrected chi connectivity index (χ4v) is 7.78. The average Bonchev–Trinajstić information content (AvgIpc) is 3.42. The maximum atomic E-state index is 12.9. The zero-order valence-electron chi connectivity index (χ0n) is 48.7. The highest BCUT2D eigenvalue weighted by atomic mass is 16.6. The van der Waals surface area contributed by atoms with E-state index in [1.54, 1.807) is 6.08 Å². The van der Waals surface area contributed by atoms with Crippen LogP contribution >= 0.6 is 0 Å². The fourth-order valence-electron chi connectivity index (χ4n) is 7.78. The van der Waals surface area contributed by atoms with Gasteiger partial charge in [-0.3, -0.25) is 14.4 Å². The van der Waals surface area contributed by atoms with Gasteiger partial charge < -0.3 is 14.2 Å². The van der Waals surface area contributed by atoms with Crippen LogP contribution < -0.4 is 0 Å². The number of carbonyl (C=O) groups excluding carboxylic acids is 3. The SMILES string of the molecule is CC/C=C\C/C=C\C/C=C\C/C=C\C/C=C\C/C=C\C/C=C\CCCCCCCC(=O)OCC(COC(=O)C/C=C\C/C=C\C/C=C\C/C=C\C/C=C\CC)OC(=O)CCCCCCC/C=C\CCCCCCCCC. The van der Waals surface area contributed by atoms with E-state index < -0.39 is 12.1 Å². The Bertz CT molecular complexity index is 1720. The lowest BCUT2D eigenvalue weighted by molar-refractivity contribution is -0.166. The van der Waals surface area contributed by atoms with Gasteiger partial charge in [0.1, 0.15) is 13.2 Å². The maximum Gasteiger partial charge on any atom is 0.309 e. The number of esters is 3. The van der Waals surface area contributed by atoms with E-state index in [-0.39, 0.29) is 38.0 Å². The van der Waals surface area contributed by atoms with Crippen LogP contribution in [-0.4, -0.2) is 37.2 Å². The third-order valence-corrected chi connectivity index (χ3v) is 12.3. The number of ether oxygens (including phenoxy) is 3. The Balaban J connectivity index is 4.50. The van der Waals surface area contributed by atoms with E-state index in [1.165, 1.54) is 57.8 Å². The van der Waals surface area contributed by atoms with Gasteiger partial charge in [0.05, 0.1) is 6.42 Å². The number of allylic oxidation sites excluding steroid dienone is 25. The molecule has 0 heterocycles. The van der Waals surface area contributed by atoms with Gasteiger partial charge in [0.15, 0.2) is 6.10 Å². The summed E-state index contributed by atoms with van der Waals surface area (Å²) in [7, 11) is 0. The lowest BCUT2D eigenvalue weighted by Gasteiger charge is -2.18. The second-order valence-corrected chi connectivity index (χ2v) is 19.5. The van der Waals surface area contributed by atoms with E-state index in [0.29, 0.717) is 6.42 Å². The van der Waals surface area contributed by atoms with Crippen molar-refractivity contribution in [2.24, 2.45) is 0 Å². The molecule has 0 aromatic heterocycles. The zero-order chi connectivity index (χ0) is 55.0. The Kier molecular flexibility index (Phi) is 58.5. The van der Waals surface area contributed by atoms with Gasteiger partial charge in [-0.25, -0.2) is 0 Å². The molecule has 6 nitrogen and oxygen atoms in total. The third kappa shape index (κ3) is 59.9. The van der Waals surface area contributed by atoms with E-state index in [9.17, 15) is 14.4 Å². The van der Waals surface area contributed by atoms with Crippen molar-refractivity contribution in [2.45, 2.75) is 252 Å². The van der Waals surface area contributed by atoms with E-state index in [4.69, 9.17) is 14.2 Å². The molecule has 0 bridgehead atoms. The van der Waals surface area contributed by atoms with Crippen LogP contribution in [0.1, 0.15) is 245 Å². The topological polar surface area (TPSA) is 78.9 Å². The van der Waals surface area contributed by atoms with Crippen LogP contribution in [0.5, 0.6) is 0 Å². The molecule has 6 heteroatoms. The molecular weight excluding hydrogens is 937 g/mol. The largest absolute Gasteiger partial charge is 0.462 e. The number of hydrogen-bond donors (Lipinski definition) is 0. The van der Waals surface area contributed by atoms with Crippen molar-refractivity contribution in [3.63, 3.8) is 0 Å². The van der Waals surface area contributed by atoms with Crippen molar-refractivity contribution in [1.82, 2.24) is 0 Å². The summed E-state index contributed by atoms with van der Waals surface area (Å²) in [6, 6.07) is 0. The van der Waals surface area contributed by atoms with Crippen molar-refractivity contribution < 1.29 is 28.6 Å². The summed E-state index contributed by atoms with van der Waals surface area (Å²) < 4.78 is 16.8. The lowest BCUT2D eigenvalue weighted by atomic mass is 10.1. The predicted octanol–water partition coefficient (Wildman–Crippen LogP) is 20.9. The van der Waals surface area contributed by atoms with Gasteiger partial charge in [0.2, 0.25) is 0 Å². The van der Waals surface area contributed by atoms with Crippen LogP contribution in [0.25, 0.3) is 0 Å². The quantitative estimate of drug-likeness (QED) is 0.0261. The molecule has 0 N–H and O–H groups in total. The Morgan fingerprint density at radius 1 is 0.289 bits per heavy atom. The van der Waals surface area contributed by atoms with E-state index in [2.05, 4.69) is 167 Å². The maximum absolute atomic E-state index is 12.9. The Morgan fingerprint density at radius 3 is 0.934 bits per heavy atom. The number of unbranched alkanes of at least 4 members (excludes halogenated alkanes) is 17. The highest BCUT2D eigenvalue weighted by molar-refractivity contribution is 5.72. The van der Waals surface area contributed by atoms with Gasteiger partial charge in [-0.05, 0) is 128 Å². The first-order valence-corrected chi connectivity index (χ1v) is 30.5. The number of hydrogen-bond acceptors (Lipinski definition) is 6. The summed E-state index contributed by atoms with van der Waals surface area (Å²) >= 11 is 0. The first-order valence-electron chi connectivity index (χ1n) is 30.5. The van der Waals surface area contributed by atoms with E-state index in [1.807, 2.05) is 6.08 Å². The summed E-state index contributed by atoms with van der Waals surface area (Å²) in [5, 5.41) is 0. The first-order chi connectivity index (χ1) is 37.5. The zero-order valence-corrected chi connectivity index (χ0v) is 48.7. The molecule has 0 aliphatic heterocycles. The Morgan fingerprint density at radius 2 is 0.566 bits per heavy atom. The molecule has 0 amide bonds. The van der Waals surface area contributed by atoms with Gasteiger partial charge in [0, 0.05) is 12.8 Å². The molecule has 0 rings (SSSR count). The molecule has 0 saturated heterocycles. The van der Waals surface area contributed by atoms with Crippen LogP contribution in [-0.2, 0) is 28.6 Å². The Labute approximate surface area is 467 Å². The monoisotopic (exact) mass is 1050 g/mol. The molecule has 76 heavy (non-hydrogen) atoms. The molecule has 0 aliphatic carbocycles. The summed E-state index contributed by atoms with van der Waals surface area (Å²) in [6.45, 7) is 6.29. The van der Waals surface area contributed by atoms with Gasteiger partial charge in [-0.1, -0.05) is 256 Å². The van der Waals surface area contributed by atoms with E-state index in [0.717, 1.165) is 148 Å². The van der Waals surface area contributed by atoms with Crippen LogP contribution in [0.4, 0.5) is 0 Å². The molecule has 426 valence electrons. The highest BCUT2D eigenvalue weighted by Gasteiger charge is 2.19. The van der Waals surface area contributed by atoms with Gasteiger partial charge in [-0.15, -0.1) is 0 Å². The van der Waals surface area contributed by atoms with Gasteiger partial charge in [0.25, 0.3) is 0 Å². The standard InChI is InChI=1S/C70H110O6/c1-4-7-10-13-16-19-22-25-28-30-31-32-33-34-35-36-37-38-39-40-43-45-48-51-54-57-60-63-69(72)75-66-67(65-74-68(71)62-59-56-53-50-47-44-41-27-24-21-18-15-12-9-6-3)76-70(73)64-61-58-55-52-49-46-42-29-26-23-20-17-14-11-8-5-2/h7,9-10,12,16,18-19,21,25,27-29,31-32,34-35,37-38,40-43,47,50,56,59,67H,4-6,8,11,13-15,17,20,22-24,26,30,33,36,39,44-46,48-49,51-55,57-58,60-66H2,1-3H3/b10-7-,12-9-,19-16-,21-18-,28-25-,32-31-,35-34-,38-37-,41-27-,42-29-,43-40-,50-47-,59-56-. The smallest absolute Gasteiger partial charge is 0.309 e. The second-order valence-electron chi connectivity index (χ2n) is 19.5. The van der Waals surface area contributed by atoms with Gasteiger partial charge >= 0.3 is 17.9 Å². The van der Waals surface area contributed by atoms with Crippen molar-refractivity contribution in [2.75, 3.05) is 13.2 Å². The number of carbonyl (C=O) groups is 3. The molecule has 0 saturated carbocycles. The minimum Gasteiger partial charge on any atom is -0.462 e. The van der Waals surface area contributed by atoms with Crippen LogP contribution in [0.3, 0.4) is 0 Å². The molecule has 0 fully saturated rings. The molecule has 0 aromatic carbocycles. The highest BCUT2D eigenvalue weighted by Crippen LogP contribution is 2.13. The average molecular weight is 1050 g/mol. The van der Waals surface area contributed by atoms with Crippen LogP contribution in [0.2, 0.25) is 0 Å². The first kappa shape index (κ1) is 71.0. The summed E-state index contributed by atoms with van der Waals surface area (Å²) in [5.74, 6) is -1.09. The molecule has 1 atom stereocenters. The van der Waals surface area contributed by atoms with Gasteiger partial charge in [-0.2, -0.15) is 0 Å². The van der Waals surface area contributed by atoms with E-state index >= 15 is 0 Å². The normalized spacial score (nSPS) is 13.2. The molecular formula is C70H110O6. The fraction of sp³-hybridized carbons (Fsp3) is 0.586. The third-order valence-electron chi connectivity index (χ3n) is 12.3. The molecule has 0 aromatic rings. The Hall–Kier alpha value is -4.97. The molecule has 0 spiro atoms. The summed E-state index contributed by atoms with van der Waals surface area (Å²) in [5.41, 5.74) is 0. The summed E-state index contributed by atoms with van der Waals surface area (Å²) in [4.78, 5) is 38.2. The molecule has 0 aliphatic rings. The van der Waals surface area contributed by atoms with Crippen molar-refractivity contribution >= 4 is 17.9 Å². The summed E-state index contributed by atoms with van der Waals surface area (Å²) in [6.07, 6.45) is 91.2. The molecule has 0 radical (unpaired) electrons. The lowest BCUT2D eigenvalue weighted by Crippen LogP contribution is -2.30. The minimum absolute atomic E-state index is 0.115. The van der Waals surface area contributed by atoms with Crippen molar-refractivity contribution in [3.05, 3.63) is 158 Å².